The summed E-state index contributed by atoms with van der Waals surface area (Å²) in [5.74, 6) is -2.17. The van der Waals surface area contributed by atoms with E-state index in [-0.39, 0.29) is 49.0 Å². The first-order valence-electron chi connectivity index (χ1n) is 14.6. The molecule has 43 heavy (non-hydrogen) atoms. The van der Waals surface area contributed by atoms with Gasteiger partial charge in [0.2, 0.25) is 27.7 Å². The fraction of sp³-hybridized carbons (Fsp3) is 0.500. The second kappa shape index (κ2) is 14.6. The molecule has 2 aromatic carbocycles. The van der Waals surface area contributed by atoms with E-state index in [1.165, 1.54) is 4.90 Å². The van der Waals surface area contributed by atoms with E-state index in [0.717, 1.165) is 11.1 Å². The van der Waals surface area contributed by atoms with Gasteiger partial charge in [-0.25, -0.2) is 13.1 Å². The highest BCUT2D eigenvalue weighted by Gasteiger charge is 2.40. The van der Waals surface area contributed by atoms with E-state index in [1.54, 1.807) is 54.3 Å². The number of carbonyl (C=O) groups excluding carboxylic acids is 3. The summed E-state index contributed by atoms with van der Waals surface area (Å²) in [5, 5.41) is 3.43. The third-order valence-corrected chi connectivity index (χ3v) is 9.79. The van der Waals surface area contributed by atoms with Crippen LogP contribution in [0.3, 0.4) is 0 Å². The van der Waals surface area contributed by atoms with Crippen LogP contribution in [0.1, 0.15) is 49.3 Å². The van der Waals surface area contributed by atoms with Gasteiger partial charge in [-0.05, 0) is 48.1 Å². The molecular weight excluding hydrogens is 592 g/mol. The SMILES string of the molecule is CC(C(=O)N1CCCC1C(=O)NCc1cc(Cl)ccc1CN)C(CC(=O)N1CCC(N)C1)NS(=O)(=O)Cc1ccccc1. The molecule has 2 aliphatic heterocycles. The molecule has 4 unspecified atom stereocenters. The molecule has 2 fully saturated rings. The van der Waals surface area contributed by atoms with Crippen molar-refractivity contribution in [3.63, 3.8) is 0 Å². The molecule has 13 heteroatoms. The summed E-state index contributed by atoms with van der Waals surface area (Å²) >= 11 is 6.13. The van der Waals surface area contributed by atoms with Gasteiger partial charge >= 0.3 is 0 Å². The van der Waals surface area contributed by atoms with Crippen LogP contribution >= 0.6 is 11.6 Å². The summed E-state index contributed by atoms with van der Waals surface area (Å²) in [4.78, 5) is 43.4. The minimum absolute atomic E-state index is 0.132. The van der Waals surface area contributed by atoms with Gasteiger partial charge in [0.15, 0.2) is 0 Å². The predicted octanol–water partition coefficient (Wildman–Crippen LogP) is 1.48. The highest BCUT2D eigenvalue weighted by molar-refractivity contribution is 7.88. The molecule has 0 spiro atoms. The van der Waals surface area contributed by atoms with Crippen LogP contribution < -0.4 is 21.5 Å². The van der Waals surface area contributed by atoms with Gasteiger partial charge in [-0.3, -0.25) is 14.4 Å². The molecule has 2 aliphatic rings. The monoisotopic (exact) mass is 632 g/mol. The summed E-state index contributed by atoms with van der Waals surface area (Å²) < 4.78 is 29.1. The van der Waals surface area contributed by atoms with Crippen LogP contribution in [-0.4, -0.2) is 73.7 Å². The summed E-state index contributed by atoms with van der Waals surface area (Å²) in [5.41, 5.74) is 14.0. The molecular formula is C30H41ClN6O5S. The lowest BCUT2D eigenvalue weighted by atomic mass is 9.97. The third-order valence-electron chi connectivity index (χ3n) is 8.18. The van der Waals surface area contributed by atoms with Crippen LogP contribution in [0.5, 0.6) is 0 Å². The van der Waals surface area contributed by atoms with Crippen LogP contribution in [0.2, 0.25) is 5.02 Å². The molecule has 2 aromatic rings. The highest BCUT2D eigenvalue weighted by atomic mass is 35.5. The van der Waals surface area contributed by atoms with Crippen LogP contribution in [0.25, 0.3) is 0 Å². The Hall–Kier alpha value is -3.03. The Kier molecular flexibility index (Phi) is 11.2. The topological polar surface area (TPSA) is 168 Å². The van der Waals surface area contributed by atoms with Crippen molar-refractivity contribution in [2.45, 2.75) is 69.6 Å². The number of amides is 3. The smallest absolute Gasteiger partial charge is 0.243 e. The minimum Gasteiger partial charge on any atom is -0.350 e. The first-order valence-corrected chi connectivity index (χ1v) is 16.6. The van der Waals surface area contributed by atoms with Crippen molar-refractivity contribution in [3.8, 4) is 0 Å². The van der Waals surface area contributed by atoms with E-state index in [2.05, 4.69) is 10.0 Å². The average molecular weight is 633 g/mol. The van der Waals surface area contributed by atoms with E-state index in [9.17, 15) is 22.8 Å². The quantitative estimate of drug-likeness (QED) is 0.275. The van der Waals surface area contributed by atoms with Crippen LogP contribution in [0.15, 0.2) is 48.5 Å². The second-order valence-corrected chi connectivity index (χ2v) is 13.6. The number of nitrogens with two attached hydrogens (primary N) is 2. The maximum absolute atomic E-state index is 13.9. The maximum atomic E-state index is 13.9. The lowest BCUT2D eigenvalue weighted by molar-refractivity contribution is -0.142. The van der Waals surface area contributed by atoms with Gasteiger partial charge in [0.05, 0.1) is 11.7 Å². The van der Waals surface area contributed by atoms with Crippen LogP contribution in [-0.2, 0) is 43.2 Å². The molecule has 0 radical (unpaired) electrons. The molecule has 0 saturated carbocycles. The lowest BCUT2D eigenvalue weighted by Gasteiger charge is -2.31. The molecule has 3 amide bonds. The molecule has 234 valence electrons. The van der Waals surface area contributed by atoms with Crippen LogP contribution in [0, 0.1) is 5.92 Å². The molecule has 11 nitrogen and oxygen atoms in total. The van der Waals surface area contributed by atoms with Gasteiger partial charge in [0, 0.05) is 56.3 Å². The Balaban J connectivity index is 1.48. The summed E-state index contributed by atoms with van der Waals surface area (Å²) in [6.07, 6.45) is 1.56. The van der Waals surface area contributed by atoms with Crippen molar-refractivity contribution < 1.29 is 22.8 Å². The lowest BCUT2D eigenvalue weighted by Crippen LogP contribution is -2.52. The van der Waals surface area contributed by atoms with E-state index in [0.29, 0.717) is 49.5 Å². The Morgan fingerprint density at radius 3 is 2.49 bits per heavy atom. The Labute approximate surface area is 258 Å². The predicted molar refractivity (Wildman–Crippen MR) is 165 cm³/mol. The number of hydrogen-bond acceptors (Lipinski definition) is 7. The molecule has 0 aliphatic carbocycles. The largest absolute Gasteiger partial charge is 0.350 e. The van der Waals surface area contributed by atoms with Crippen molar-refractivity contribution in [3.05, 3.63) is 70.2 Å². The number of sulfonamides is 1. The zero-order chi connectivity index (χ0) is 31.1. The number of hydrogen-bond donors (Lipinski definition) is 4. The van der Waals surface area contributed by atoms with Gasteiger partial charge in [0.25, 0.3) is 0 Å². The highest BCUT2D eigenvalue weighted by Crippen LogP contribution is 2.24. The first-order chi connectivity index (χ1) is 20.5. The second-order valence-electron chi connectivity index (χ2n) is 11.4. The molecule has 2 saturated heterocycles. The zero-order valence-corrected chi connectivity index (χ0v) is 25.9. The summed E-state index contributed by atoms with van der Waals surface area (Å²) in [7, 11) is -3.91. The molecule has 2 heterocycles. The molecule has 4 rings (SSSR count). The van der Waals surface area contributed by atoms with Gasteiger partial charge in [-0.1, -0.05) is 54.9 Å². The number of rotatable bonds is 12. The molecule has 4 atom stereocenters. The minimum atomic E-state index is -3.91. The average Bonchev–Trinajstić information content (AvgIpc) is 3.64. The van der Waals surface area contributed by atoms with E-state index in [4.69, 9.17) is 23.1 Å². The maximum Gasteiger partial charge on any atom is 0.243 e. The number of benzene rings is 2. The van der Waals surface area contributed by atoms with Gasteiger partial charge < -0.3 is 26.6 Å². The van der Waals surface area contributed by atoms with Crippen molar-refractivity contribution in [1.82, 2.24) is 19.8 Å². The third kappa shape index (κ3) is 8.76. The zero-order valence-electron chi connectivity index (χ0n) is 24.4. The summed E-state index contributed by atoms with van der Waals surface area (Å²) in [6.45, 7) is 3.32. The van der Waals surface area contributed by atoms with E-state index >= 15 is 0 Å². The Morgan fingerprint density at radius 1 is 1.07 bits per heavy atom. The number of nitrogens with zero attached hydrogens (tertiary/aromatic N) is 2. The van der Waals surface area contributed by atoms with Gasteiger partial charge in [-0.2, -0.15) is 0 Å². The fourth-order valence-electron chi connectivity index (χ4n) is 5.71. The molecule has 6 N–H and O–H groups in total. The van der Waals surface area contributed by atoms with Crippen molar-refractivity contribution >= 4 is 39.3 Å². The Morgan fingerprint density at radius 2 is 1.81 bits per heavy atom. The Bertz CT molecular complexity index is 1410. The summed E-state index contributed by atoms with van der Waals surface area (Å²) in [6, 6.07) is 12.1. The fourth-order valence-corrected chi connectivity index (χ4v) is 7.37. The van der Waals surface area contributed by atoms with E-state index < -0.39 is 28.0 Å². The molecule has 0 bridgehead atoms. The van der Waals surface area contributed by atoms with E-state index in [1.807, 2.05) is 6.07 Å². The van der Waals surface area contributed by atoms with Crippen molar-refractivity contribution in [1.29, 1.82) is 0 Å². The van der Waals surface area contributed by atoms with Crippen molar-refractivity contribution in [2.75, 3.05) is 19.6 Å². The van der Waals surface area contributed by atoms with Gasteiger partial charge in [0.1, 0.15) is 6.04 Å². The van der Waals surface area contributed by atoms with Gasteiger partial charge in [-0.15, -0.1) is 0 Å². The number of likely N-dealkylation sites (tertiary alicyclic amines) is 2. The standard InChI is InChI=1S/C30H41ClN6O5S/c1-20(30(40)37-12-5-8-27(37)29(39)34-17-23-14-24(31)10-9-22(23)16-32)26(15-28(38)36-13-11-25(33)18-36)35-43(41,42)19-21-6-3-2-4-7-21/h2-4,6-7,9-10,14,20,25-27,35H,5,8,11-13,15-19,32-33H2,1H3,(H,34,39). The van der Waals surface area contributed by atoms with Crippen molar-refractivity contribution in [2.24, 2.45) is 17.4 Å². The first kappa shape index (κ1) is 32.9. The number of halogens is 1. The number of nitrogens with one attached hydrogen (secondary N) is 2. The normalized spacial score (nSPS) is 20.2. The number of carbonyl (C=O) groups is 3. The van der Waals surface area contributed by atoms with Crippen LogP contribution in [0.4, 0.5) is 0 Å². The molecule has 0 aromatic heterocycles.